The van der Waals surface area contributed by atoms with Crippen molar-refractivity contribution in [3.8, 4) is 0 Å². The van der Waals surface area contributed by atoms with Crippen LogP contribution < -0.4 is 9.80 Å². The molecule has 26 heavy (non-hydrogen) atoms. The third kappa shape index (κ3) is 4.39. The molecule has 0 amide bonds. The van der Waals surface area contributed by atoms with Gasteiger partial charge in [0.25, 0.3) is 0 Å². The van der Waals surface area contributed by atoms with Crippen LogP contribution in [0.5, 0.6) is 0 Å². The summed E-state index contributed by atoms with van der Waals surface area (Å²) in [6.07, 6.45) is 3.36. The fraction of sp³-hybridized carbons (Fsp3) is 0.333. The first-order chi connectivity index (χ1) is 12.5. The summed E-state index contributed by atoms with van der Waals surface area (Å²) in [5.41, 5.74) is 0.864. The zero-order valence-electron chi connectivity index (χ0n) is 15.0. The zero-order valence-corrected chi connectivity index (χ0v) is 15.8. The van der Waals surface area contributed by atoms with Crippen molar-refractivity contribution in [1.82, 2.24) is 14.3 Å². The van der Waals surface area contributed by atoms with Gasteiger partial charge in [0.05, 0.1) is 0 Å². The molecule has 1 saturated heterocycles. The molecule has 2 heterocycles. The average Bonchev–Trinajstić information content (AvgIpc) is 2.67. The van der Waals surface area contributed by atoms with Gasteiger partial charge in [0.1, 0.15) is 5.82 Å². The van der Waals surface area contributed by atoms with Crippen LogP contribution in [0, 0.1) is 0 Å². The third-order valence-electron chi connectivity index (χ3n) is 4.20. The average molecular weight is 373 g/mol. The second-order valence-electron chi connectivity index (χ2n) is 6.25. The number of hydrogen-bond donors (Lipinski definition) is 0. The van der Waals surface area contributed by atoms with Gasteiger partial charge in [-0.1, -0.05) is 30.3 Å². The van der Waals surface area contributed by atoms with Crippen molar-refractivity contribution in [2.24, 2.45) is 0 Å². The summed E-state index contributed by atoms with van der Waals surface area (Å²) in [6, 6.07) is 11.3. The number of sulfonamides is 1. The molecule has 3 rings (SSSR count). The van der Waals surface area contributed by atoms with Crippen molar-refractivity contribution in [1.29, 1.82) is 0 Å². The summed E-state index contributed by atoms with van der Waals surface area (Å²) >= 11 is 0. The fourth-order valence-electron chi connectivity index (χ4n) is 2.70. The molecule has 0 bridgehead atoms. The zero-order chi connectivity index (χ0) is 18.6. The lowest BCUT2D eigenvalue weighted by Crippen LogP contribution is -2.48. The van der Waals surface area contributed by atoms with Crippen LogP contribution in [0.1, 0.15) is 5.56 Å². The van der Waals surface area contributed by atoms with Gasteiger partial charge in [-0.3, -0.25) is 0 Å². The van der Waals surface area contributed by atoms with Crippen LogP contribution in [-0.4, -0.2) is 63.0 Å². The van der Waals surface area contributed by atoms with Crippen LogP contribution in [0.3, 0.4) is 0 Å². The van der Waals surface area contributed by atoms with Gasteiger partial charge in [-0.05, 0) is 17.7 Å². The summed E-state index contributed by atoms with van der Waals surface area (Å²) in [5, 5.41) is 1.28. The molecule has 1 aromatic carbocycles. The van der Waals surface area contributed by atoms with Gasteiger partial charge in [-0.25, -0.2) is 13.4 Å². The molecule has 0 saturated carbocycles. The topological polar surface area (TPSA) is 69.6 Å². The molecule has 8 heteroatoms. The minimum Gasteiger partial charge on any atom is -0.363 e. The number of piperazine rings is 1. The van der Waals surface area contributed by atoms with Crippen molar-refractivity contribution in [3.63, 3.8) is 0 Å². The molecule has 1 aliphatic rings. The van der Waals surface area contributed by atoms with Gasteiger partial charge in [0.15, 0.2) is 0 Å². The van der Waals surface area contributed by atoms with Crippen LogP contribution in [0.2, 0.25) is 0 Å². The van der Waals surface area contributed by atoms with E-state index in [9.17, 15) is 8.42 Å². The predicted molar refractivity (Wildman–Crippen MR) is 105 cm³/mol. The highest BCUT2D eigenvalue weighted by Crippen LogP contribution is 2.17. The highest BCUT2D eigenvalue weighted by molar-refractivity contribution is 7.92. The smallest absolute Gasteiger partial charge is 0.236 e. The summed E-state index contributed by atoms with van der Waals surface area (Å²) in [6.45, 7) is 1.96. The van der Waals surface area contributed by atoms with E-state index < -0.39 is 10.0 Å². The normalized spacial score (nSPS) is 16.2. The van der Waals surface area contributed by atoms with Gasteiger partial charge >= 0.3 is 0 Å². The standard InChI is InChI=1S/C18H23N5O2S/c1-21(2)17-8-10-19-18(20-17)22-11-13-23(14-12-22)26(24,25)15-9-16-6-4-3-5-7-16/h3-10,15H,11-14H2,1-2H3/b15-9+. The lowest BCUT2D eigenvalue weighted by molar-refractivity contribution is 0.387. The molecule has 1 aromatic heterocycles. The molecule has 138 valence electrons. The molecule has 0 atom stereocenters. The lowest BCUT2D eigenvalue weighted by atomic mass is 10.2. The molecular weight excluding hydrogens is 350 g/mol. The predicted octanol–water partition coefficient (Wildman–Crippen LogP) is 1.67. The van der Waals surface area contributed by atoms with E-state index >= 15 is 0 Å². The molecule has 2 aromatic rings. The Kier molecular flexibility index (Phi) is 5.53. The number of benzene rings is 1. The van der Waals surface area contributed by atoms with Crippen LogP contribution >= 0.6 is 0 Å². The molecule has 0 N–H and O–H groups in total. The van der Waals surface area contributed by atoms with Crippen LogP contribution in [0.4, 0.5) is 11.8 Å². The van der Waals surface area contributed by atoms with Crippen molar-refractivity contribution >= 4 is 27.9 Å². The first-order valence-corrected chi connectivity index (χ1v) is 9.95. The van der Waals surface area contributed by atoms with E-state index in [0.717, 1.165) is 11.4 Å². The Morgan fingerprint density at radius 3 is 2.38 bits per heavy atom. The Morgan fingerprint density at radius 1 is 1.04 bits per heavy atom. The van der Waals surface area contributed by atoms with E-state index in [0.29, 0.717) is 32.1 Å². The van der Waals surface area contributed by atoms with Gasteiger partial charge < -0.3 is 9.80 Å². The summed E-state index contributed by atoms with van der Waals surface area (Å²) in [5.74, 6) is 1.46. The number of hydrogen-bond acceptors (Lipinski definition) is 6. The van der Waals surface area contributed by atoms with Crippen molar-refractivity contribution in [3.05, 3.63) is 53.6 Å². The van der Waals surface area contributed by atoms with E-state index in [1.165, 1.54) is 9.71 Å². The monoisotopic (exact) mass is 373 g/mol. The lowest BCUT2D eigenvalue weighted by Gasteiger charge is -2.33. The van der Waals surface area contributed by atoms with Crippen molar-refractivity contribution in [2.45, 2.75) is 0 Å². The molecular formula is C18H23N5O2S. The summed E-state index contributed by atoms with van der Waals surface area (Å²) in [4.78, 5) is 12.8. The minimum absolute atomic E-state index is 0.414. The van der Waals surface area contributed by atoms with E-state index in [1.807, 2.05) is 60.3 Å². The van der Waals surface area contributed by atoms with E-state index in [2.05, 4.69) is 9.97 Å². The molecule has 1 aliphatic heterocycles. The van der Waals surface area contributed by atoms with Crippen LogP contribution in [0.15, 0.2) is 48.0 Å². The maximum absolute atomic E-state index is 12.5. The Balaban J connectivity index is 1.64. The molecule has 0 radical (unpaired) electrons. The molecule has 1 fully saturated rings. The highest BCUT2D eigenvalue weighted by atomic mass is 32.2. The summed E-state index contributed by atoms with van der Waals surface area (Å²) in [7, 11) is 0.421. The molecule has 0 aliphatic carbocycles. The van der Waals surface area contributed by atoms with Gasteiger partial charge in [-0.2, -0.15) is 9.29 Å². The molecule has 7 nitrogen and oxygen atoms in total. The second kappa shape index (κ2) is 7.84. The highest BCUT2D eigenvalue weighted by Gasteiger charge is 2.26. The Morgan fingerprint density at radius 2 is 1.73 bits per heavy atom. The first-order valence-electron chi connectivity index (χ1n) is 8.44. The number of rotatable bonds is 5. The van der Waals surface area contributed by atoms with Gasteiger partial charge in [0.2, 0.25) is 16.0 Å². The fourth-order valence-corrected chi connectivity index (χ4v) is 3.87. The summed E-state index contributed by atoms with van der Waals surface area (Å²) < 4.78 is 26.6. The largest absolute Gasteiger partial charge is 0.363 e. The maximum atomic E-state index is 12.5. The van der Waals surface area contributed by atoms with Gasteiger partial charge in [-0.15, -0.1) is 0 Å². The SMILES string of the molecule is CN(C)c1ccnc(N2CCN(S(=O)(=O)/C=C/c3ccccc3)CC2)n1. The number of nitrogens with zero attached hydrogens (tertiary/aromatic N) is 5. The van der Waals surface area contributed by atoms with Gasteiger partial charge in [0, 0.05) is 51.9 Å². The maximum Gasteiger partial charge on any atom is 0.236 e. The third-order valence-corrected chi connectivity index (χ3v) is 5.76. The second-order valence-corrected chi connectivity index (χ2v) is 8.07. The minimum atomic E-state index is -3.43. The Bertz CT molecular complexity index is 860. The molecule has 0 unspecified atom stereocenters. The van der Waals surface area contributed by atoms with Crippen molar-refractivity contribution in [2.75, 3.05) is 50.1 Å². The van der Waals surface area contributed by atoms with Crippen LogP contribution in [-0.2, 0) is 10.0 Å². The first kappa shape index (κ1) is 18.3. The van der Waals surface area contributed by atoms with E-state index in [-0.39, 0.29) is 0 Å². The quantitative estimate of drug-likeness (QED) is 0.794. The van der Waals surface area contributed by atoms with E-state index in [1.54, 1.807) is 12.3 Å². The van der Waals surface area contributed by atoms with Crippen LogP contribution in [0.25, 0.3) is 6.08 Å². The molecule has 0 spiro atoms. The number of aromatic nitrogens is 2. The van der Waals surface area contributed by atoms with Crippen molar-refractivity contribution < 1.29 is 8.42 Å². The van der Waals surface area contributed by atoms with E-state index in [4.69, 9.17) is 0 Å². The number of anilines is 2. The Hall–Kier alpha value is -2.45. The Labute approximate surface area is 154 Å².